The lowest BCUT2D eigenvalue weighted by Crippen LogP contribution is -2.45. The first-order valence-electron chi connectivity index (χ1n) is 13.4. The molecule has 0 aliphatic carbocycles. The Bertz CT molecular complexity index is 1480. The summed E-state index contributed by atoms with van der Waals surface area (Å²) < 4.78 is 97.2. The number of carbonyl (C=O) groups excluding carboxylic acids is 2. The van der Waals surface area contributed by atoms with Crippen LogP contribution >= 0.6 is 21.6 Å². The molecule has 2 aromatic carbocycles. The van der Waals surface area contributed by atoms with E-state index in [1.54, 1.807) is 9.80 Å². The summed E-state index contributed by atoms with van der Waals surface area (Å²) in [5, 5.41) is 5.29. The molecule has 2 atom stereocenters. The Balaban J connectivity index is 1.34. The number of morpholine rings is 2. The molecule has 4 aliphatic rings. The van der Waals surface area contributed by atoms with Crippen molar-refractivity contribution in [3.63, 3.8) is 0 Å². The van der Waals surface area contributed by atoms with Crippen LogP contribution in [0.1, 0.15) is 0 Å². The van der Waals surface area contributed by atoms with Crippen molar-refractivity contribution in [1.82, 2.24) is 20.4 Å². The maximum atomic E-state index is 13.1. The number of aliphatic imine (C=N–C) groups is 2. The summed E-state index contributed by atoms with van der Waals surface area (Å²) in [6.45, 7) is 1.60. The van der Waals surface area contributed by atoms with Crippen LogP contribution in [0.2, 0.25) is 0 Å². The summed E-state index contributed by atoms with van der Waals surface area (Å²) in [6.07, 6.45) is -10.0. The highest BCUT2D eigenvalue weighted by molar-refractivity contribution is 8.76. The molecule has 2 N–H and O–H groups in total. The van der Waals surface area contributed by atoms with Crippen molar-refractivity contribution in [1.29, 1.82) is 0 Å². The van der Waals surface area contributed by atoms with Gasteiger partial charge in [-0.2, -0.15) is 0 Å². The zero-order valence-corrected chi connectivity index (χ0v) is 24.8. The number of fused-ring (bicyclic) bond motifs is 2. The van der Waals surface area contributed by atoms with Crippen molar-refractivity contribution in [3.05, 3.63) is 36.4 Å². The number of nitrogens with one attached hydrogen (secondary N) is 2. The zero-order chi connectivity index (χ0) is 32.6. The number of alkyl halides is 6. The van der Waals surface area contributed by atoms with Crippen LogP contribution in [0.3, 0.4) is 0 Å². The summed E-state index contributed by atoms with van der Waals surface area (Å²) in [7, 11) is 1.71. The minimum atomic E-state index is -5.00. The number of benzene rings is 2. The zero-order valence-electron chi connectivity index (χ0n) is 23.2. The fourth-order valence-electron chi connectivity index (χ4n) is 4.88. The molecule has 12 nitrogen and oxygen atoms in total. The number of hydrogen-bond acceptors (Lipinski definition) is 10. The number of rotatable bonds is 7. The molecule has 0 spiro atoms. The van der Waals surface area contributed by atoms with E-state index in [0.717, 1.165) is 45.9 Å². The van der Waals surface area contributed by atoms with Crippen LogP contribution in [-0.2, 0) is 19.1 Å². The summed E-state index contributed by atoms with van der Waals surface area (Å²) >= 11 is 0. The second-order valence-electron chi connectivity index (χ2n) is 9.94. The second kappa shape index (κ2) is 12.7. The van der Waals surface area contributed by atoms with Crippen LogP contribution in [0.15, 0.2) is 56.2 Å². The normalized spacial score (nSPS) is 23.3. The smallest absolute Gasteiger partial charge is 0.406 e. The molecule has 6 rings (SSSR count). The Kier molecular flexibility index (Phi) is 8.87. The Morgan fingerprint density at radius 2 is 1.13 bits per heavy atom. The number of guanidine groups is 2. The summed E-state index contributed by atoms with van der Waals surface area (Å²) in [4.78, 5) is 37.4. The Morgan fingerprint density at radius 1 is 0.717 bits per heavy atom. The molecule has 20 heteroatoms. The third-order valence-electron chi connectivity index (χ3n) is 6.88. The lowest BCUT2D eigenvalue weighted by atomic mass is 10.2. The molecule has 4 heterocycles. The highest BCUT2D eigenvalue weighted by atomic mass is 33.1. The highest BCUT2D eigenvalue weighted by Gasteiger charge is 2.40. The summed E-state index contributed by atoms with van der Waals surface area (Å²) in [6, 6.07) is 5.50. The van der Waals surface area contributed by atoms with Crippen molar-refractivity contribution in [3.8, 4) is 11.5 Å². The van der Waals surface area contributed by atoms with Gasteiger partial charge in [0.15, 0.2) is 0 Å². The van der Waals surface area contributed by atoms with E-state index in [1.807, 2.05) is 0 Å². The predicted molar refractivity (Wildman–Crippen MR) is 151 cm³/mol. The predicted octanol–water partition coefficient (Wildman–Crippen LogP) is 3.92. The Hall–Kier alpha value is -3.88. The number of nitrogens with zero attached hydrogens (tertiary/aromatic N) is 4. The molecule has 0 radical (unpaired) electrons. The quantitative estimate of drug-likeness (QED) is 0.326. The molecule has 4 aliphatic heterocycles. The number of carbonyl (C=O) groups is 2. The highest BCUT2D eigenvalue weighted by Crippen LogP contribution is 2.48. The van der Waals surface area contributed by atoms with E-state index < -0.39 is 36.3 Å². The molecule has 0 aromatic heterocycles. The SMILES string of the molecule is O=C1NC(=Nc2ccc(OC(F)(F)F)cc2SSc2cc(OC(F)(F)F)ccc2N=C2NC(=O)[C@@H]3COCCN23)N2CCOC[C@@H]12. The van der Waals surface area contributed by atoms with E-state index in [1.165, 1.54) is 12.1 Å². The van der Waals surface area contributed by atoms with Gasteiger partial charge in [-0.25, -0.2) is 9.98 Å². The van der Waals surface area contributed by atoms with E-state index in [4.69, 9.17) is 9.47 Å². The van der Waals surface area contributed by atoms with Crippen LogP contribution < -0.4 is 20.1 Å². The van der Waals surface area contributed by atoms with E-state index in [9.17, 15) is 35.9 Å². The summed E-state index contributed by atoms with van der Waals surface area (Å²) in [5.74, 6) is -1.52. The third-order valence-corrected chi connectivity index (χ3v) is 9.30. The number of hydrogen-bond donors (Lipinski definition) is 2. The van der Waals surface area contributed by atoms with E-state index in [0.29, 0.717) is 26.3 Å². The van der Waals surface area contributed by atoms with Gasteiger partial charge in [-0.15, -0.1) is 26.3 Å². The first-order valence-corrected chi connectivity index (χ1v) is 15.6. The molecule has 0 saturated carbocycles. The minimum Gasteiger partial charge on any atom is -0.406 e. The van der Waals surface area contributed by atoms with Crippen LogP contribution in [-0.4, -0.2) is 97.9 Å². The molecular weight excluding hydrogens is 670 g/mol. The van der Waals surface area contributed by atoms with Gasteiger partial charge in [0.25, 0.3) is 11.8 Å². The average Bonchev–Trinajstić information content (AvgIpc) is 3.48. The molecule has 4 fully saturated rings. The molecule has 0 bridgehead atoms. The van der Waals surface area contributed by atoms with Crippen LogP contribution in [0.4, 0.5) is 37.7 Å². The van der Waals surface area contributed by atoms with Crippen molar-refractivity contribution < 1.29 is 54.9 Å². The molecule has 2 amide bonds. The van der Waals surface area contributed by atoms with Crippen LogP contribution in [0.25, 0.3) is 0 Å². The number of amides is 2. The molecule has 2 aromatic rings. The minimum absolute atomic E-state index is 0.119. The average molecular weight is 693 g/mol. The van der Waals surface area contributed by atoms with Gasteiger partial charge < -0.3 is 28.7 Å². The molecule has 4 saturated heterocycles. The molecular formula is C26H22F6N6O6S2. The van der Waals surface area contributed by atoms with Gasteiger partial charge in [0.05, 0.1) is 37.8 Å². The van der Waals surface area contributed by atoms with E-state index in [-0.39, 0.29) is 58.1 Å². The standard InChI is InChI=1S/C26H22F6N6O6S2/c27-25(28,29)43-13-1-3-15(33-23-35-21(39)17-11-41-7-5-37(17)23)19(9-13)45-46-20-10-14(44-26(30,31)32)2-4-16(20)34-24-36-22(40)18-12-42-8-6-38(18)24/h1-4,9-10,17-18H,5-8,11-12H2,(H,33,35,39)(H,34,36,40)/t17-,18-/m0/s1. The lowest BCUT2D eigenvalue weighted by molar-refractivity contribution is -0.275. The Labute approximate surface area is 263 Å². The fourth-order valence-corrected chi connectivity index (χ4v) is 7.13. The molecule has 46 heavy (non-hydrogen) atoms. The summed E-state index contributed by atoms with van der Waals surface area (Å²) in [5.41, 5.74) is 0.286. The van der Waals surface area contributed by atoms with Gasteiger partial charge in [0.2, 0.25) is 11.9 Å². The van der Waals surface area contributed by atoms with E-state index >= 15 is 0 Å². The van der Waals surface area contributed by atoms with Crippen molar-refractivity contribution >= 4 is 56.7 Å². The third kappa shape index (κ3) is 7.39. The largest absolute Gasteiger partial charge is 0.573 e. The number of ether oxygens (including phenoxy) is 4. The van der Waals surface area contributed by atoms with Gasteiger partial charge in [-0.3, -0.25) is 20.2 Å². The number of halogens is 6. The van der Waals surface area contributed by atoms with Gasteiger partial charge >= 0.3 is 12.7 Å². The second-order valence-corrected chi connectivity index (χ2v) is 12.2. The maximum Gasteiger partial charge on any atom is 0.573 e. The lowest BCUT2D eigenvalue weighted by Gasteiger charge is -2.28. The van der Waals surface area contributed by atoms with E-state index in [2.05, 4.69) is 30.1 Å². The van der Waals surface area contributed by atoms with Gasteiger partial charge in [-0.1, -0.05) is 21.6 Å². The monoisotopic (exact) mass is 692 g/mol. The van der Waals surface area contributed by atoms with Crippen LogP contribution in [0, 0.1) is 0 Å². The Morgan fingerprint density at radius 3 is 1.52 bits per heavy atom. The van der Waals surface area contributed by atoms with Crippen molar-refractivity contribution in [2.75, 3.05) is 39.5 Å². The van der Waals surface area contributed by atoms with Gasteiger partial charge in [-0.05, 0) is 36.4 Å². The first-order chi connectivity index (χ1) is 21.8. The van der Waals surface area contributed by atoms with Crippen LogP contribution in [0.5, 0.6) is 11.5 Å². The van der Waals surface area contributed by atoms with Crippen molar-refractivity contribution in [2.45, 2.75) is 34.6 Å². The van der Waals surface area contributed by atoms with Gasteiger partial charge in [0, 0.05) is 22.9 Å². The van der Waals surface area contributed by atoms with Gasteiger partial charge in [0.1, 0.15) is 23.6 Å². The molecule has 246 valence electrons. The van der Waals surface area contributed by atoms with Crippen molar-refractivity contribution in [2.24, 2.45) is 9.98 Å². The molecule has 0 unspecified atom stereocenters. The topological polar surface area (TPSA) is 126 Å². The maximum absolute atomic E-state index is 13.1. The fraction of sp³-hybridized carbons (Fsp3) is 0.385. The first kappa shape index (κ1) is 32.1.